The highest BCUT2D eigenvalue weighted by molar-refractivity contribution is 7.99. The first-order valence-corrected chi connectivity index (χ1v) is 5.76. The molecule has 2 rings (SSSR count). The molecule has 2 aromatic rings. The fourth-order valence-electron chi connectivity index (χ4n) is 1.13. The van der Waals surface area contributed by atoms with Crippen LogP contribution in [0.5, 0.6) is 12.0 Å². The fourth-order valence-corrected chi connectivity index (χ4v) is 1.88. The third-order valence-corrected chi connectivity index (χ3v) is 2.91. The molecule has 0 fully saturated rings. The highest BCUT2D eigenvalue weighted by Crippen LogP contribution is 2.30. The minimum absolute atomic E-state index is 0.192. The average Bonchev–Trinajstić information content (AvgIpc) is 2.41. The molecular weight excluding hydrogens is 254 g/mol. The second-order valence-electron chi connectivity index (χ2n) is 3.11. The van der Waals surface area contributed by atoms with Crippen molar-refractivity contribution in [3.05, 3.63) is 18.5 Å². The lowest BCUT2D eigenvalue weighted by atomic mass is 10.4. The molecule has 0 unspecified atom stereocenters. The lowest BCUT2D eigenvalue weighted by Crippen LogP contribution is -2.00. The number of pyridine rings is 1. The van der Waals surface area contributed by atoms with Crippen molar-refractivity contribution in [2.45, 2.75) is 10.1 Å². The summed E-state index contributed by atoms with van der Waals surface area (Å²) in [5, 5.41) is 0.441. The van der Waals surface area contributed by atoms with Crippen LogP contribution in [0.25, 0.3) is 0 Å². The molecule has 0 bridgehead atoms. The lowest BCUT2D eigenvalue weighted by molar-refractivity contribution is 0.332. The van der Waals surface area contributed by atoms with Gasteiger partial charge in [0.2, 0.25) is 5.16 Å². The average molecular weight is 265 g/mol. The molecule has 0 aliphatic rings. The molecule has 0 saturated heterocycles. The van der Waals surface area contributed by atoms with E-state index in [9.17, 15) is 0 Å². The number of aromatic nitrogens is 4. The Kier molecular flexibility index (Phi) is 3.78. The Hall–Kier alpha value is -2.09. The summed E-state index contributed by atoms with van der Waals surface area (Å²) in [6.45, 7) is 0. The molecule has 2 aromatic heterocycles. The number of nitrogens with two attached hydrogens (primary N) is 1. The summed E-state index contributed by atoms with van der Waals surface area (Å²) >= 11 is 1.29. The van der Waals surface area contributed by atoms with Gasteiger partial charge < -0.3 is 15.2 Å². The normalized spacial score (nSPS) is 10.1. The standard InChI is InChI=1S/C10H11N5O2S/c1-16-8-13-9(17-2)15-10(14-8)18-7-3-4-12-5-6(7)11/h3-5H,11H2,1-2H3. The predicted molar refractivity (Wildman–Crippen MR) is 65.7 cm³/mol. The van der Waals surface area contributed by atoms with Crippen LogP contribution in [0.2, 0.25) is 0 Å². The first-order valence-electron chi connectivity index (χ1n) is 4.94. The van der Waals surface area contributed by atoms with Gasteiger partial charge in [-0.15, -0.1) is 4.98 Å². The summed E-state index contributed by atoms with van der Waals surface area (Å²) in [6, 6.07) is 2.16. The van der Waals surface area contributed by atoms with Crippen LogP contribution < -0.4 is 15.2 Å². The molecule has 0 spiro atoms. The quantitative estimate of drug-likeness (QED) is 0.875. The van der Waals surface area contributed by atoms with Crippen molar-refractivity contribution >= 4 is 17.4 Å². The monoisotopic (exact) mass is 265 g/mol. The molecule has 0 aliphatic carbocycles. The van der Waals surface area contributed by atoms with E-state index in [1.165, 1.54) is 26.0 Å². The number of ether oxygens (including phenoxy) is 2. The molecule has 18 heavy (non-hydrogen) atoms. The van der Waals surface area contributed by atoms with Crippen LogP contribution in [0.4, 0.5) is 5.69 Å². The van der Waals surface area contributed by atoms with Crippen LogP contribution >= 0.6 is 11.8 Å². The summed E-state index contributed by atoms with van der Waals surface area (Å²) in [6.07, 6.45) is 3.21. The SMILES string of the molecule is COc1nc(OC)nc(Sc2ccncc2N)n1. The topological polar surface area (TPSA) is 96.0 Å². The largest absolute Gasteiger partial charge is 0.467 e. The van der Waals surface area contributed by atoms with Crippen molar-refractivity contribution in [3.8, 4) is 12.0 Å². The summed E-state index contributed by atoms with van der Waals surface area (Å²) in [7, 11) is 2.95. The van der Waals surface area contributed by atoms with Crippen molar-refractivity contribution < 1.29 is 9.47 Å². The van der Waals surface area contributed by atoms with Crippen molar-refractivity contribution in [3.63, 3.8) is 0 Å². The number of methoxy groups -OCH3 is 2. The molecule has 0 aliphatic heterocycles. The van der Waals surface area contributed by atoms with Gasteiger partial charge in [-0.1, -0.05) is 0 Å². The van der Waals surface area contributed by atoms with Crippen molar-refractivity contribution in [2.75, 3.05) is 20.0 Å². The molecule has 0 atom stereocenters. The summed E-state index contributed by atoms with van der Waals surface area (Å²) in [5.74, 6) is 0. The molecule has 0 amide bonds. The number of rotatable bonds is 4. The zero-order chi connectivity index (χ0) is 13.0. The molecule has 2 heterocycles. The van der Waals surface area contributed by atoms with Gasteiger partial charge in [-0.3, -0.25) is 4.98 Å². The van der Waals surface area contributed by atoms with E-state index in [2.05, 4.69) is 19.9 Å². The van der Waals surface area contributed by atoms with Crippen molar-refractivity contribution in [1.29, 1.82) is 0 Å². The van der Waals surface area contributed by atoms with Gasteiger partial charge in [0.1, 0.15) is 0 Å². The van der Waals surface area contributed by atoms with E-state index in [0.717, 1.165) is 4.90 Å². The van der Waals surface area contributed by atoms with E-state index >= 15 is 0 Å². The third-order valence-electron chi connectivity index (χ3n) is 1.95. The maximum Gasteiger partial charge on any atom is 0.323 e. The second kappa shape index (κ2) is 5.50. The maximum atomic E-state index is 5.79. The lowest BCUT2D eigenvalue weighted by Gasteiger charge is -2.05. The van der Waals surface area contributed by atoms with E-state index < -0.39 is 0 Å². The highest BCUT2D eigenvalue weighted by atomic mass is 32.2. The number of nitrogens with zero attached hydrogens (tertiary/aromatic N) is 4. The first kappa shape index (κ1) is 12.4. The number of nitrogen functional groups attached to an aromatic ring is 1. The number of anilines is 1. The predicted octanol–water partition coefficient (Wildman–Crippen LogP) is 1.02. The van der Waals surface area contributed by atoms with E-state index in [-0.39, 0.29) is 12.0 Å². The van der Waals surface area contributed by atoms with Crippen LogP contribution in [0, 0.1) is 0 Å². The van der Waals surface area contributed by atoms with Crippen molar-refractivity contribution in [2.24, 2.45) is 0 Å². The minimum Gasteiger partial charge on any atom is -0.467 e. The Morgan fingerprint density at radius 1 is 1.11 bits per heavy atom. The van der Waals surface area contributed by atoms with Crippen LogP contribution in [0.3, 0.4) is 0 Å². The Morgan fingerprint density at radius 3 is 2.33 bits per heavy atom. The molecule has 94 valence electrons. The van der Waals surface area contributed by atoms with Gasteiger partial charge in [0, 0.05) is 11.1 Å². The van der Waals surface area contributed by atoms with E-state index in [1.54, 1.807) is 18.5 Å². The van der Waals surface area contributed by atoms with Crippen molar-refractivity contribution in [1.82, 2.24) is 19.9 Å². The molecule has 8 heteroatoms. The van der Waals surface area contributed by atoms with Gasteiger partial charge in [0.15, 0.2) is 0 Å². The summed E-state index contributed by atoms with van der Waals surface area (Å²) < 4.78 is 9.93. The van der Waals surface area contributed by atoms with Gasteiger partial charge in [-0.25, -0.2) is 0 Å². The van der Waals surface area contributed by atoms with Gasteiger partial charge in [0.25, 0.3) is 0 Å². The van der Waals surface area contributed by atoms with E-state index in [4.69, 9.17) is 15.2 Å². The zero-order valence-corrected chi connectivity index (χ0v) is 10.6. The minimum atomic E-state index is 0.192. The first-order chi connectivity index (χ1) is 8.72. The smallest absolute Gasteiger partial charge is 0.323 e. The Labute approximate surface area is 108 Å². The molecule has 0 radical (unpaired) electrons. The van der Waals surface area contributed by atoms with Crippen LogP contribution in [-0.4, -0.2) is 34.2 Å². The number of hydrogen-bond donors (Lipinski definition) is 1. The molecular formula is C10H11N5O2S. The van der Waals surface area contributed by atoms with E-state index in [0.29, 0.717) is 10.8 Å². The fraction of sp³-hybridized carbons (Fsp3) is 0.200. The van der Waals surface area contributed by atoms with Gasteiger partial charge in [0.05, 0.1) is 26.1 Å². The van der Waals surface area contributed by atoms with E-state index in [1.807, 2.05) is 0 Å². The Balaban J connectivity index is 2.31. The number of hydrogen-bond acceptors (Lipinski definition) is 8. The molecule has 2 N–H and O–H groups in total. The Bertz CT molecular complexity index is 529. The highest BCUT2D eigenvalue weighted by Gasteiger charge is 2.10. The molecule has 7 nitrogen and oxygen atoms in total. The summed E-state index contributed by atoms with van der Waals surface area (Å²) in [4.78, 5) is 16.8. The third kappa shape index (κ3) is 2.77. The van der Waals surface area contributed by atoms with Gasteiger partial charge >= 0.3 is 12.0 Å². The van der Waals surface area contributed by atoms with Gasteiger partial charge in [-0.05, 0) is 17.8 Å². The van der Waals surface area contributed by atoms with Crippen LogP contribution in [0.1, 0.15) is 0 Å². The Morgan fingerprint density at radius 2 is 1.78 bits per heavy atom. The molecule has 0 saturated carbocycles. The zero-order valence-electron chi connectivity index (χ0n) is 9.82. The second-order valence-corrected chi connectivity index (χ2v) is 4.12. The summed E-state index contributed by atoms with van der Waals surface area (Å²) in [5.41, 5.74) is 6.35. The maximum absolute atomic E-state index is 5.79. The molecule has 0 aromatic carbocycles. The van der Waals surface area contributed by atoms with Gasteiger partial charge in [-0.2, -0.15) is 9.97 Å². The van der Waals surface area contributed by atoms with Crippen LogP contribution in [0.15, 0.2) is 28.5 Å². The van der Waals surface area contributed by atoms with Crippen LogP contribution in [-0.2, 0) is 0 Å².